The predicted molar refractivity (Wildman–Crippen MR) is 87.7 cm³/mol. The van der Waals surface area contributed by atoms with E-state index in [1.54, 1.807) is 0 Å². The highest BCUT2D eigenvalue weighted by molar-refractivity contribution is 5.90. The molecule has 0 aromatic heterocycles. The topological polar surface area (TPSA) is 26.3 Å². The Balaban J connectivity index is 0.00000192. The van der Waals surface area contributed by atoms with Crippen LogP contribution in [0.1, 0.15) is 48.0 Å². The molecule has 0 aliphatic carbocycles. The summed E-state index contributed by atoms with van der Waals surface area (Å²) in [6.45, 7) is 5.15. The SMILES string of the molecule is Cc1ccccc1C(=O)OC[C@@H]1CCC[N+]2(C)CCCC[C@H]12.[I-]. The first-order valence-corrected chi connectivity index (χ1v) is 8.67. The van der Waals surface area contributed by atoms with Gasteiger partial charge in [-0.15, -0.1) is 0 Å². The molecule has 0 saturated carbocycles. The van der Waals surface area contributed by atoms with Gasteiger partial charge in [0.05, 0.1) is 31.7 Å². The van der Waals surface area contributed by atoms with E-state index < -0.39 is 0 Å². The number of esters is 1. The highest BCUT2D eigenvalue weighted by atomic mass is 127. The number of hydrogen-bond donors (Lipinski definition) is 0. The average molecular weight is 429 g/mol. The number of carbonyl (C=O) groups is 1. The first kappa shape index (κ1) is 18.7. The zero-order valence-electron chi connectivity index (χ0n) is 14.3. The Kier molecular flexibility index (Phi) is 6.48. The molecular weight excluding hydrogens is 401 g/mol. The molecule has 2 aliphatic rings. The van der Waals surface area contributed by atoms with Crippen molar-refractivity contribution in [1.29, 1.82) is 0 Å². The maximum atomic E-state index is 12.3. The Bertz CT molecular complexity index is 544. The Morgan fingerprint density at radius 3 is 2.70 bits per heavy atom. The van der Waals surface area contributed by atoms with Crippen LogP contribution >= 0.6 is 0 Å². The van der Waals surface area contributed by atoms with Crippen molar-refractivity contribution in [1.82, 2.24) is 0 Å². The largest absolute Gasteiger partial charge is 1.00 e. The molecule has 2 heterocycles. The first-order chi connectivity index (χ1) is 10.6. The lowest BCUT2D eigenvalue weighted by molar-refractivity contribution is -0.947. The van der Waals surface area contributed by atoms with Crippen molar-refractivity contribution in [3.63, 3.8) is 0 Å². The highest BCUT2D eigenvalue weighted by Crippen LogP contribution is 2.36. The fourth-order valence-electron chi connectivity index (χ4n) is 4.49. The normalized spacial score (nSPS) is 30.0. The van der Waals surface area contributed by atoms with Crippen LogP contribution < -0.4 is 24.0 Å². The van der Waals surface area contributed by atoms with Crippen molar-refractivity contribution >= 4 is 5.97 Å². The molecule has 0 amide bonds. The lowest BCUT2D eigenvalue weighted by Gasteiger charge is -2.51. The number of hydrogen-bond acceptors (Lipinski definition) is 2. The van der Waals surface area contributed by atoms with Crippen LogP contribution in [0.15, 0.2) is 24.3 Å². The Morgan fingerprint density at radius 1 is 1.17 bits per heavy atom. The lowest BCUT2D eigenvalue weighted by Crippen LogP contribution is -3.00. The fraction of sp³-hybridized carbons (Fsp3) is 0.632. The number of ether oxygens (including phenoxy) is 1. The van der Waals surface area contributed by atoms with E-state index in [9.17, 15) is 4.79 Å². The Hall–Kier alpha value is -0.620. The van der Waals surface area contributed by atoms with Crippen molar-refractivity contribution in [3.05, 3.63) is 35.4 Å². The van der Waals surface area contributed by atoms with Gasteiger partial charge in [-0.25, -0.2) is 4.79 Å². The van der Waals surface area contributed by atoms with Crippen LogP contribution in [0.4, 0.5) is 0 Å². The second-order valence-corrected chi connectivity index (χ2v) is 7.31. The van der Waals surface area contributed by atoms with E-state index >= 15 is 0 Å². The first-order valence-electron chi connectivity index (χ1n) is 8.67. The molecule has 2 fully saturated rings. The number of aryl methyl sites for hydroxylation is 1. The minimum absolute atomic E-state index is 0. The van der Waals surface area contributed by atoms with Gasteiger partial charge >= 0.3 is 5.97 Å². The van der Waals surface area contributed by atoms with Gasteiger partial charge in [-0.3, -0.25) is 0 Å². The molecule has 3 rings (SSSR count). The highest BCUT2D eigenvalue weighted by Gasteiger charge is 2.43. The van der Waals surface area contributed by atoms with Gasteiger partial charge in [0.15, 0.2) is 0 Å². The van der Waals surface area contributed by atoms with E-state index in [1.807, 2.05) is 31.2 Å². The van der Waals surface area contributed by atoms with Crippen molar-refractivity contribution in [2.24, 2.45) is 5.92 Å². The number of halogens is 1. The zero-order valence-corrected chi connectivity index (χ0v) is 16.4. The maximum absolute atomic E-state index is 12.3. The molecule has 1 aromatic carbocycles. The summed E-state index contributed by atoms with van der Waals surface area (Å²) in [6.07, 6.45) is 6.45. The Morgan fingerprint density at radius 2 is 1.91 bits per heavy atom. The summed E-state index contributed by atoms with van der Waals surface area (Å²) < 4.78 is 6.89. The smallest absolute Gasteiger partial charge is 0.338 e. The van der Waals surface area contributed by atoms with E-state index in [0.717, 1.165) is 5.56 Å². The number of fused-ring (bicyclic) bond motifs is 1. The number of piperidine rings is 2. The summed E-state index contributed by atoms with van der Waals surface area (Å²) in [5, 5.41) is 0. The van der Waals surface area contributed by atoms with E-state index in [1.165, 1.54) is 49.7 Å². The molecule has 23 heavy (non-hydrogen) atoms. The van der Waals surface area contributed by atoms with Gasteiger partial charge in [-0.05, 0) is 44.2 Å². The van der Waals surface area contributed by atoms with Crippen LogP contribution in [0.25, 0.3) is 0 Å². The number of carbonyl (C=O) groups excluding carboxylic acids is 1. The Labute approximate surface area is 157 Å². The minimum Gasteiger partial charge on any atom is -1.00 e. The summed E-state index contributed by atoms with van der Waals surface area (Å²) in [7, 11) is 2.40. The second-order valence-electron chi connectivity index (χ2n) is 7.31. The van der Waals surface area contributed by atoms with Crippen LogP contribution in [0.5, 0.6) is 0 Å². The summed E-state index contributed by atoms with van der Waals surface area (Å²) in [6, 6.07) is 8.37. The predicted octanol–water partition coefficient (Wildman–Crippen LogP) is 0.565. The van der Waals surface area contributed by atoms with Crippen molar-refractivity contribution in [2.75, 3.05) is 26.7 Å². The standard InChI is InChI=1S/C19H28NO2.HI/c1-15-8-3-4-10-17(15)19(21)22-14-16-9-7-13-20(2)12-6-5-11-18(16)20;/h3-4,8,10,16,18H,5-7,9,11-14H2,1-2H3;1H/q+1;/p-1/t16-,18+,20?;/m0./s1. The monoisotopic (exact) mass is 429 g/mol. The van der Waals surface area contributed by atoms with Crippen LogP contribution in [0, 0.1) is 12.8 Å². The third kappa shape index (κ3) is 4.08. The molecule has 2 aliphatic heterocycles. The summed E-state index contributed by atoms with van der Waals surface area (Å²) in [5.74, 6) is 0.376. The van der Waals surface area contributed by atoms with Crippen molar-refractivity contribution < 1.29 is 38.0 Å². The van der Waals surface area contributed by atoms with Crippen LogP contribution in [-0.4, -0.2) is 43.2 Å². The van der Waals surface area contributed by atoms with Gasteiger partial charge < -0.3 is 33.2 Å². The van der Waals surface area contributed by atoms with E-state index in [-0.39, 0.29) is 29.9 Å². The molecule has 2 saturated heterocycles. The third-order valence-corrected chi connectivity index (χ3v) is 5.80. The zero-order chi connectivity index (χ0) is 15.6. The van der Waals surface area contributed by atoms with Gasteiger partial charge in [0, 0.05) is 12.3 Å². The fourth-order valence-corrected chi connectivity index (χ4v) is 4.49. The van der Waals surface area contributed by atoms with Gasteiger partial charge in [-0.2, -0.15) is 0 Å². The lowest BCUT2D eigenvalue weighted by atomic mass is 9.82. The number of quaternary nitrogens is 1. The number of nitrogens with zero attached hydrogens (tertiary/aromatic N) is 1. The third-order valence-electron chi connectivity index (χ3n) is 5.80. The van der Waals surface area contributed by atoms with Crippen molar-refractivity contribution in [2.45, 2.75) is 45.1 Å². The quantitative estimate of drug-likeness (QED) is 0.399. The molecule has 128 valence electrons. The molecule has 0 bridgehead atoms. The molecular formula is C19H28INO2. The maximum Gasteiger partial charge on any atom is 0.338 e. The molecule has 1 unspecified atom stereocenters. The molecule has 0 spiro atoms. The van der Waals surface area contributed by atoms with Crippen LogP contribution in [0.2, 0.25) is 0 Å². The van der Waals surface area contributed by atoms with E-state index in [0.29, 0.717) is 24.1 Å². The van der Waals surface area contributed by atoms with Crippen molar-refractivity contribution in [3.8, 4) is 0 Å². The number of rotatable bonds is 3. The molecule has 3 nitrogen and oxygen atoms in total. The van der Waals surface area contributed by atoms with Gasteiger partial charge in [0.2, 0.25) is 0 Å². The summed E-state index contributed by atoms with van der Waals surface area (Å²) in [5.41, 5.74) is 1.70. The summed E-state index contributed by atoms with van der Waals surface area (Å²) in [4.78, 5) is 12.3. The molecule has 4 heteroatoms. The van der Waals surface area contributed by atoms with Gasteiger partial charge in [0.1, 0.15) is 6.61 Å². The molecule has 1 aromatic rings. The second kappa shape index (κ2) is 7.97. The van der Waals surface area contributed by atoms with Gasteiger partial charge in [0.25, 0.3) is 0 Å². The van der Waals surface area contributed by atoms with Crippen LogP contribution in [-0.2, 0) is 4.74 Å². The minimum atomic E-state index is -0.159. The number of benzene rings is 1. The van der Waals surface area contributed by atoms with E-state index in [4.69, 9.17) is 4.74 Å². The molecule has 0 radical (unpaired) electrons. The van der Waals surface area contributed by atoms with Crippen LogP contribution in [0.3, 0.4) is 0 Å². The molecule has 3 atom stereocenters. The molecule has 0 N–H and O–H groups in total. The van der Waals surface area contributed by atoms with E-state index in [2.05, 4.69) is 7.05 Å². The summed E-state index contributed by atoms with van der Waals surface area (Å²) >= 11 is 0. The van der Waals surface area contributed by atoms with Gasteiger partial charge in [-0.1, -0.05) is 18.2 Å². The average Bonchev–Trinajstić information content (AvgIpc) is 2.52.